The molecule has 1 aromatic heterocycles. The third kappa shape index (κ3) is 11.7. The van der Waals surface area contributed by atoms with Crippen molar-refractivity contribution in [3.8, 4) is 11.4 Å². The molecule has 20 heteroatoms. The molecule has 0 bridgehead atoms. The Morgan fingerprint density at radius 2 is 1.46 bits per heavy atom. The lowest BCUT2D eigenvalue weighted by Gasteiger charge is -2.36. The summed E-state index contributed by atoms with van der Waals surface area (Å²) >= 11 is 0. The molecule has 3 aliphatic rings. The van der Waals surface area contributed by atoms with Crippen LogP contribution in [-0.4, -0.2) is 134 Å². The van der Waals surface area contributed by atoms with Crippen LogP contribution < -0.4 is 10.2 Å². The highest BCUT2D eigenvalue weighted by molar-refractivity contribution is 7.54. The Morgan fingerprint density at radius 1 is 0.842 bits per heavy atom. The molecule has 19 nitrogen and oxygen atoms in total. The van der Waals surface area contributed by atoms with Gasteiger partial charge in [0.2, 0.25) is 19.5 Å². The molecule has 3 heterocycles. The Bertz CT molecular complexity index is 1790. The van der Waals surface area contributed by atoms with E-state index in [1.54, 1.807) is 31.2 Å². The predicted molar refractivity (Wildman–Crippen MR) is 200 cm³/mol. The number of piperidine rings is 1. The average molecular weight is 817 g/mol. The number of rotatable bonds is 18. The average Bonchev–Trinajstić information content (AvgIpc) is 3.70. The summed E-state index contributed by atoms with van der Waals surface area (Å²) in [7, 11) is -4.47. The molecule has 2 aromatic rings. The van der Waals surface area contributed by atoms with E-state index in [0.29, 0.717) is 37.5 Å². The van der Waals surface area contributed by atoms with E-state index in [0.717, 1.165) is 20.3 Å². The number of esters is 3. The standard InChI is InChI=1S/C37H49N6O13P/c1-5-7-17-52-37(49)42-15-13-41(14-16-42)35(47)30(21-57(50,55-22-53-24(3)44)56-23-54-25(4)45)39-34(46)29-18-31(40-33(38-29)26-11-9-8-10-12-26)43-19-27-28(20-43)32(27)36(48)51-6-2/h8-12,18,27-28,30,32H,5-7,13-17,19-23H2,1-4H3,(H,39,46)/t27-,28+,30-,32+/m0/s1. The van der Waals surface area contributed by atoms with Crippen LogP contribution in [0.15, 0.2) is 36.4 Å². The minimum absolute atomic E-state index is 0.0564. The number of piperazine rings is 1. The van der Waals surface area contributed by atoms with E-state index in [1.165, 1.54) is 15.9 Å². The van der Waals surface area contributed by atoms with Gasteiger partial charge in [0.1, 0.15) is 17.6 Å². The van der Waals surface area contributed by atoms with Crippen LogP contribution >= 0.6 is 7.60 Å². The third-order valence-corrected chi connectivity index (χ3v) is 11.5. The van der Waals surface area contributed by atoms with Gasteiger partial charge in [0.15, 0.2) is 5.82 Å². The predicted octanol–water partition coefficient (Wildman–Crippen LogP) is 2.84. The van der Waals surface area contributed by atoms with Gasteiger partial charge in [0.25, 0.3) is 5.91 Å². The smallest absolute Gasteiger partial charge is 0.409 e. The molecule has 2 saturated heterocycles. The largest absolute Gasteiger partial charge is 0.466 e. The van der Waals surface area contributed by atoms with Gasteiger partial charge >= 0.3 is 31.6 Å². The van der Waals surface area contributed by atoms with E-state index in [2.05, 4.69) is 10.3 Å². The topological polar surface area (TPSA) is 222 Å². The van der Waals surface area contributed by atoms with Gasteiger partial charge in [-0.05, 0) is 25.2 Å². The van der Waals surface area contributed by atoms with Gasteiger partial charge in [-0.2, -0.15) is 0 Å². The van der Waals surface area contributed by atoms with Gasteiger partial charge < -0.3 is 39.0 Å². The number of ether oxygens (including phenoxy) is 4. The highest BCUT2D eigenvalue weighted by Gasteiger charge is 2.60. The number of carbonyl (C=O) groups is 6. The van der Waals surface area contributed by atoms with Crippen LogP contribution in [0.2, 0.25) is 0 Å². The van der Waals surface area contributed by atoms with Crippen molar-refractivity contribution in [2.75, 3.05) is 77.1 Å². The van der Waals surface area contributed by atoms with Gasteiger partial charge in [-0.15, -0.1) is 0 Å². The maximum atomic E-state index is 14.2. The highest BCUT2D eigenvalue weighted by atomic mass is 31.2. The molecular formula is C37H49N6O13P. The number of nitrogens with one attached hydrogen (secondary N) is 1. The minimum Gasteiger partial charge on any atom is -0.466 e. The van der Waals surface area contributed by atoms with Crippen molar-refractivity contribution < 1.29 is 61.3 Å². The number of fused-ring (bicyclic) bond motifs is 1. The summed E-state index contributed by atoms with van der Waals surface area (Å²) in [6, 6.07) is 8.87. The SMILES string of the molecule is CCCCOC(=O)N1CCN(C(=O)[C@H](CP(=O)(OCOC(C)=O)OCOC(C)=O)NC(=O)c2cc(N3C[C@@H]4[C@H](C3)[C@H]4C(=O)OCC)nc(-c3ccccc3)n2)CC1. The number of hydrogen-bond acceptors (Lipinski definition) is 16. The number of amides is 3. The monoisotopic (exact) mass is 816 g/mol. The first kappa shape index (κ1) is 43.0. The molecule has 4 atom stereocenters. The van der Waals surface area contributed by atoms with E-state index in [4.69, 9.17) is 33.0 Å². The summed E-state index contributed by atoms with van der Waals surface area (Å²) in [6.07, 6.45) is 0.277. The van der Waals surface area contributed by atoms with Crippen LogP contribution in [0, 0.1) is 17.8 Å². The number of nitrogens with zero attached hydrogens (tertiary/aromatic N) is 5. The lowest BCUT2D eigenvalue weighted by molar-refractivity contribution is -0.150. The fourth-order valence-electron chi connectivity index (χ4n) is 6.62. The number of aromatic nitrogens is 2. The normalized spacial score (nSPS) is 19.2. The molecule has 5 rings (SSSR count). The molecule has 1 saturated carbocycles. The number of hydrogen-bond donors (Lipinski definition) is 1. The van der Waals surface area contributed by atoms with Crippen LogP contribution in [0.3, 0.4) is 0 Å². The second-order valence-corrected chi connectivity index (χ2v) is 15.8. The van der Waals surface area contributed by atoms with E-state index < -0.39 is 63.2 Å². The first-order valence-corrected chi connectivity index (χ1v) is 20.6. The number of carbonyl (C=O) groups excluding carboxylic acids is 6. The maximum absolute atomic E-state index is 14.2. The summed E-state index contributed by atoms with van der Waals surface area (Å²) in [5, 5.41) is 2.65. The van der Waals surface area contributed by atoms with Crippen molar-refractivity contribution in [1.29, 1.82) is 0 Å². The van der Waals surface area contributed by atoms with Gasteiger partial charge in [0.05, 0.1) is 25.3 Å². The molecule has 0 spiro atoms. The van der Waals surface area contributed by atoms with Gasteiger partial charge in [-0.25, -0.2) is 14.8 Å². The van der Waals surface area contributed by atoms with Crippen molar-refractivity contribution in [3.05, 3.63) is 42.1 Å². The molecule has 57 heavy (non-hydrogen) atoms. The molecule has 310 valence electrons. The summed E-state index contributed by atoms with van der Waals surface area (Å²) in [6.45, 7) is 6.22. The molecule has 1 aliphatic carbocycles. The quantitative estimate of drug-likeness (QED) is 0.0751. The lowest BCUT2D eigenvalue weighted by Crippen LogP contribution is -2.57. The second-order valence-electron chi connectivity index (χ2n) is 13.7. The third-order valence-electron chi connectivity index (χ3n) is 9.66. The second kappa shape index (κ2) is 19.8. The maximum Gasteiger partial charge on any atom is 0.409 e. The Kier molecular flexibility index (Phi) is 15.0. The van der Waals surface area contributed by atoms with Crippen molar-refractivity contribution in [2.24, 2.45) is 17.8 Å². The molecular weight excluding hydrogens is 767 g/mol. The molecule has 3 fully saturated rings. The van der Waals surface area contributed by atoms with Gasteiger partial charge in [-0.1, -0.05) is 43.7 Å². The molecule has 3 amide bonds. The summed E-state index contributed by atoms with van der Waals surface area (Å²) < 4.78 is 44.9. The zero-order valence-corrected chi connectivity index (χ0v) is 33.4. The molecule has 2 aliphatic heterocycles. The van der Waals surface area contributed by atoms with Crippen LogP contribution in [0.1, 0.15) is 51.0 Å². The Morgan fingerprint density at radius 3 is 2.04 bits per heavy atom. The van der Waals surface area contributed by atoms with Crippen molar-refractivity contribution in [2.45, 2.75) is 46.6 Å². The molecule has 0 radical (unpaired) electrons. The minimum atomic E-state index is -4.47. The molecule has 1 aromatic carbocycles. The van der Waals surface area contributed by atoms with E-state index >= 15 is 0 Å². The van der Waals surface area contributed by atoms with Crippen LogP contribution in [-0.2, 0) is 51.7 Å². The van der Waals surface area contributed by atoms with Crippen LogP contribution in [0.4, 0.5) is 10.6 Å². The molecule has 1 N–H and O–H groups in total. The fourth-order valence-corrected chi connectivity index (χ4v) is 8.03. The first-order chi connectivity index (χ1) is 27.3. The zero-order chi connectivity index (χ0) is 41.1. The zero-order valence-electron chi connectivity index (χ0n) is 32.5. The Labute approximate surface area is 330 Å². The Balaban J connectivity index is 1.40. The summed E-state index contributed by atoms with van der Waals surface area (Å²) in [4.78, 5) is 90.5. The van der Waals surface area contributed by atoms with E-state index in [-0.39, 0.29) is 68.0 Å². The summed E-state index contributed by atoms with van der Waals surface area (Å²) in [5.74, 6) is -2.64. The van der Waals surface area contributed by atoms with Gasteiger partial charge in [0, 0.05) is 64.7 Å². The number of unbranched alkanes of at least 4 members (excludes halogenated alkanes) is 1. The van der Waals surface area contributed by atoms with Crippen LogP contribution in [0.5, 0.6) is 0 Å². The summed E-state index contributed by atoms with van der Waals surface area (Å²) in [5.41, 5.74) is 0.499. The van der Waals surface area contributed by atoms with Crippen molar-refractivity contribution >= 4 is 49.2 Å². The molecule has 0 unspecified atom stereocenters. The van der Waals surface area contributed by atoms with E-state index in [9.17, 15) is 33.3 Å². The number of benzene rings is 1. The highest BCUT2D eigenvalue weighted by Crippen LogP contribution is 2.53. The lowest BCUT2D eigenvalue weighted by atomic mass is 10.2. The van der Waals surface area contributed by atoms with Gasteiger partial charge in [-0.3, -0.25) is 37.6 Å². The Hall–Kier alpha value is -5.13. The van der Waals surface area contributed by atoms with E-state index in [1.807, 2.05) is 17.9 Å². The fraction of sp³-hybridized carbons (Fsp3) is 0.568. The van der Waals surface area contributed by atoms with Crippen molar-refractivity contribution in [1.82, 2.24) is 25.1 Å². The van der Waals surface area contributed by atoms with Crippen molar-refractivity contribution in [3.63, 3.8) is 0 Å². The van der Waals surface area contributed by atoms with Crippen LogP contribution in [0.25, 0.3) is 11.4 Å². The number of anilines is 1. The first-order valence-electron chi connectivity index (χ1n) is 18.8.